The number of carbonyl (C=O) groups excluding carboxylic acids is 2. The van der Waals surface area contributed by atoms with Gasteiger partial charge >= 0.3 is 0 Å². The SMILES string of the molecule is CCNC(=O)CNC(=O)CSc1cc(C)c2ccccc2n1. The number of rotatable bonds is 6. The monoisotopic (exact) mass is 317 g/mol. The van der Waals surface area contributed by atoms with E-state index in [1.54, 1.807) is 0 Å². The van der Waals surface area contributed by atoms with E-state index in [1.807, 2.05) is 44.2 Å². The van der Waals surface area contributed by atoms with E-state index in [0.29, 0.717) is 6.54 Å². The van der Waals surface area contributed by atoms with E-state index >= 15 is 0 Å². The Kier molecular flexibility index (Phi) is 5.77. The van der Waals surface area contributed by atoms with Gasteiger partial charge in [0.05, 0.1) is 22.8 Å². The fraction of sp³-hybridized carbons (Fsp3) is 0.312. The summed E-state index contributed by atoms with van der Waals surface area (Å²) in [4.78, 5) is 27.5. The number of hydrogen-bond acceptors (Lipinski definition) is 4. The highest BCUT2D eigenvalue weighted by atomic mass is 32.2. The number of nitrogens with one attached hydrogen (secondary N) is 2. The maximum Gasteiger partial charge on any atom is 0.239 e. The summed E-state index contributed by atoms with van der Waals surface area (Å²) < 4.78 is 0. The molecular formula is C16H19N3O2S. The van der Waals surface area contributed by atoms with E-state index < -0.39 is 0 Å². The lowest BCUT2D eigenvalue weighted by atomic mass is 10.1. The van der Waals surface area contributed by atoms with Gasteiger partial charge in [-0.15, -0.1) is 0 Å². The third-order valence-corrected chi connectivity index (χ3v) is 3.98. The smallest absolute Gasteiger partial charge is 0.239 e. The number of para-hydroxylation sites is 1. The molecule has 2 rings (SSSR count). The highest BCUT2D eigenvalue weighted by Gasteiger charge is 2.08. The molecule has 0 saturated heterocycles. The van der Waals surface area contributed by atoms with E-state index in [9.17, 15) is 9.59 Å². The Morgan fingerprint density at radius 3 is 2.73 bits per heavy atom. The Labute approximate surface area is 133 Å². The van der Waals surface area contributed by atoms with Crippen LogP contribution >= 0.6 is 11.8 Å². The molecule has 0 unspecified atom stereocenters. The Morgan fingerprint density at radius 2 is 1.95 bits per heavy atom. The summed E-state index contributed by atoms with van der Waals surface area (Å²) in [5.74, 6) is -0.117. The van der Waals surface area contributed by atoms with Crippen molar-refractivity contribution in [2.24, 2.45) is 0 Å². The number of aromatic nitrogens is 1. The third kappa shape index (κ3) is 4.46. The Bertz CT molecular complexity index is 688. The second-order valence-corrected chi connectivity index (χ2v) is 5.81. The normalized spacial score (nSPS) is 10.5. The lowest BCUT2D eigenvalue weighted by Gasteiger charge is -2.07. The molecule has 6 heteroatoms. The summed E-state index contributed by atoms with van der Waals surface area (Å²) in [5.41, 5.74) is 2.06. The predicted octanol–water partition coefficient (Wildman–Crippen LogP) is 1.89. The number of pyridine rings is 1. The molecule has 0 radical (unpaired) electrons. The predicted molar refractivity (Wildman–Crippen MR) is 88.9 cm³/mol. The number of fused-ring (bicyclic) bond motifs is 1. The molecule has 1 heterocycles. The van der Waals surface area contributed by atoms with Crippen molar-refractivity contribution in [1.82, 2.24) is 15.6 Å². The van der Waals surface area contributed by atoms with Crippen molar-refractivity contribution in [2.75, 3.05) is 18.8 Å². The van der Waals surface area contributed by atoms with E-state index in [-0.39, 0.29) is 24.1 Å². The number of benzene rings is 1. The third-order valence-electron chi connectivity index (χ3n) is 3.07. The van der Waals surface area contributed by atoms with E-state index in [0.717, 1.165) is 21.5 Å². The number of nitrogens with zero attached hydrogens (tertiary/aromatic N) is 1. The first-order chi connectivity index (χ1) is 10.6. The zero-order valence-corrected chi connectivity index (χ0v) is 13.5. The molecule has 0 spiro atoms. The standard InChI is InChI=1S/C16H19N3O2S/c1-3-17-14(20)9-18-15(21)10-22-16-8-11(2)12-6-4-5-7-13(12)19-16/h4-8H,3,9-10H2,1-2H3,(H,17,20)(H,18,21). The molecule has 2 amide bonds. The fourth-order valence-corrected chi connectivity index (χ4v) is 2.83. The summed E-state index contributed by atoms with van der Waals surface area (Å²) >= 11 is 1.37. The lowest BCUT2D eigenvalue weighted by molar-refractivity contribution is -0.124. The largest absolute Gasteiger partial charge is 0.355 e. The molecule has 2 N–H and O–H groups in total. The van der Waals surface area contributed by atoms with Crippen LogP contribution in [0.15, 0.2) is 35.4 Å². The van der Waals surface area contributed by atoms with E-state index in [2.05, 4.69) is 15.6 Å². The van der Waals surface area contributed by atoms with Gasteiger partial charge in [0.1, 0.15) is 0 Å². The second-order valence-electron chi connectivity index (χ2n) is 4.81. The molecule has 2 aromatic rings. The van der Waals surface area contributed by atoms with Gasteiger partial charge in [-0.25, -0.2) is 4.98 Å². The van der Waals surface area contributed by atoms with Crippen LogP contribution in [-0.2, 0) is 9.59 Å². The first-order valence-electron chi connectivity index (χ1n) is 7.12. The zero-order chi connectivity index (χ0) is 15.9. The van der Waals surface area contributed by atoms with Gasteiger partial charge in [-0.2, -0.15) is 0 Å². The van der Waals surface area contributed by atoms with Crippen LogP contribution in [0.3, 0.4) is 0 Å². The first kappa shape index (κ1) is 16.3. The van der Waals surface area contributed by atoms with Crippen LogP contribution in [0, 0.1) is 6.92 Å². The second kappa shape index (κ2) is 7.79. The van der Waals surface area contributed by atoms with Crippen LogP contribution in [0.5, 0.6) is 0 Å². The number of amides is 2. The molecule has 0 aliphatic rings. The van der Waals surface area contributed by atoms with Crippen molar-refractivity contribution < 1.29 is 9.59 Å². The van der Waals surface area contributed by atoms with Crippen LogP contribution in [-0.4, -0.2) is 35.6 Å². The molecule has 0 aliphatic heterocycles. The molecule has 1 aromatic carbocycles. The van der Waals surface area contributed by atoms with Crippen LogP contribution in [0.1, 0.15) is 12.5 Å². The average molecular weight is 317 g/mol. The molecule has 0 bridgehead atoms. The molecular weight excluding hydrogens is 298 g/mol. The van der Waals surface area contributed by atoms with Crippen LogP contribution < -0.4 is 10.6 Å². The van der Waals surface area contributed by atoms with Gasteiger partial charge in [0.2, 0.25) is 11.8 Å². The Hall–Kier alpha value is -2.08. The van der Waals surface area contributed by atoms with Gasteiger partial charge in [0, 0.05) is 11.9 Å². The number of likely N-dealkylation sites (N-methyl/N-ethyl adjacent to an activating group) is 1. The van der Waals surface area contributed by atoms with Crippen molar-refractivity contribution in [1.29, 1.82) is 0 Å². The van der Waals surface area contributed by atoms with E-state index in [4.69, 9.17) is 0 Å². The van der Waals surface area contributed by atoms with Crippen molar-refractivity contribution in [3.63, 3.8) is 0 Å². The van der Waals surface area contributed by atoms with Crippen molar-refractivity contribution >= 4 is 34.5 Å². The van der Waals surface area contributed by atoms with Gasteiger partial charge in [0.15, 0.2) is 0 Å². The minimum Gasteiger partial charge on any atom is -0.355 e. The summed E-state index contributed by atoms with van der Waals surface area (Å²) in [7, 11) is 0. The van der Waals surface area contributed by atoms with Gasteiger partial charge in [0.25, 0.3) is 0 Å². The Morgan fingerprint density at radius 1 is 1.18 bits per heavy atom. The summed E-state index contributed by atoms with van der Waals surface area (Å²) in [6.45, 7) is 4.44. The summed E-state index contributed by atoms with van der Waals surface area (Å²) in [6.07, 6.45) is 0. The van der Waals surface area contributed by atoms with E-state index in [1.165, 1.54) is 11.8 Å². The first-order valence-corrected chi connectivity index (χ1v) is 8.11. The van der Waals surface area contributed by atoms with Crippen LogP contribution in [0.2, 0.25) is 0 Å². The molecule has 0 aliphatic carbocycles. The van der Waals surface area contributed by atoms with Gasteiger partial charge < -0.3 is 10.6 Å². The van der Waals surface area contributed by atoms with Gasteiger partial charge in [-0.1, -0.05) is 30.0 Å². The van der Waals surface area contributed by atoms with Gasteiger partial charge in [-0.3, -0.25) is 9.59 Å². The highest BCUT2D eigenvalue weighted by Crippen LogP contribution is 2.23. The minimum atomic E-state index is -0.180. The Balaban J connectivity index is 1.91. The fourth-order valence-electron chi connectivity index (χ4n) is 2.02. The maximum atomic E-state index is 11.7. The molecule has 0 saturated carbocycles. The average Bonchev–Trinajstić information content (AvgIpc) is 2.51. The quantitative estimate of drug-likeness (QED) is 0.798. The topological polar surface area (TPSA) is 71.1 Å². The van der Waals surface area contributed by atoms with Crippen molar-refractivity contribution in [2.45, 2.75) is 18.9 Å². The molecule has 116 valence electrons. The summed E-state index contributed by atoms with van der Waals surface area (Å²) in [5, 5.41) is 7.15. The summed E-state index contributed by atoms with van der Waals surface area (Å²) in [6, 6.07) is 9.90. The molecule has 0 atom stereocenters. The molecule has 0 fully saturated rings. The van der Waals surface area contributed by atoms with Crippen molar-refractivity contribution in [3.8, 4) is 0 Å². The number of carbonyl (C=O) groups is 2. The number of aryl methyl sites for hydroxylation is 1. The van der Waals surface area contributed by atoms with Gasteiger partial charge in [-0.05, 0) is 31.5 Å². The number of thioether (sulfide) groups is 1. The maximum absolute atomic E-state index is 11.7. The number of hydrogen-bond donors (Lipinski definition) is 2. The van der Waals surface area contributed by atoms with Crippen LogP contribution in [0.25, 0.3) is 10.9 Å². The molecule has 1 aromatic heterocycles. The van der Waals surface area contributed by atoms with Crippen LogP contribution in [0.4, 0.5) is 0 Å². The highest BCUT2D eigenvalue weighted by molar-refractivity contribution is 7.99. The zero-order valence-electron chi connectivity index (χ0n) is 12.7. The molecule has 22 heavy (non-hydrogen) atoms. The minimum absolute atomic E-state index is 0.0113. The van der Waals surface area contributed by atoms with Crippen molar-refractivity contribution in [3.05, 3.63) is 35.9 Å². The molecule has 5 nitrogen and oxygen atoms in total. The lowest BCUT2D eigenvalue weighted by Crippen LogP contribution is -2.37.